The van der Waals surface area contributed by atoms with Gasteiger partial charge in [0.25, 0.3) is 5.91 Å². The Bertz CT molecular complexity index is 898. The van der Waals surface area contributed by atoms with Crippen LogP contribution in [0.15, 0.2) is 42.5 Å². The van der Waals surface area contributed by atoms with E-state index in [1.807, 2.05) is 32.0 Å². The van der Waals surface area contributed by atoms with Crippen LogP contribution >= 0.6 is 0 Å². The molecule has 0 aliphatic rings. The number of nitrogens with one attached hydrogen (secondary N) is 1. The third kappa shape index (κ3) is 5.86. The van der Waals surface area contributed by atoms with E-state index in [2.05, 4.69) is 5.32 Å². The lowest BCUT2D eigenvalue weighted by Gasteiger charge is -2.17. The molecule has 0 aliphatic carbocycles. The van der Waals surface area contributed by atoms with E-state index < -0.39 is 12.1 Å². The van der Waals surface area contributed by atoms with E-state index in [1.165, 1.54) is 13.2 Å². The molecule has 6 heteroatoms. The summed E-state index contributed by atoms with van der Waals surface area (Å²) in [6.07, 6.45) is 3.50. The number of benzene rings is 2. The lowest BCUT2D eigenvalue weighted by Crippen LogP contribution is -2.30. The quantitative estimate of drug-likeness (QED) is 0.489. The molecule has 2 aromatic rings. The van der Waals surface area contributed by atoms with Gasteiger partial charge < -0.3 is 19.5 Å². The van der Waals surface area contributed by atoms with Crippen molar-refractivity contribution >= 4 is 23.6 Å². The largest absolute Gasteiger partial charge is 0.497 e. The number of ether oxygens (including phenoxy) is 3. The Morgan fingerprint density at radius 1 is 1.03 bits per heavy atom. The zero-order valence-corrected chi connectivity index (χ0v) is 18.2. The van der Waals surface area contributed by atoms with Gasteiger partial charge in [0.2, 0.25) is 0 Å². The zero-order valence-electron chi connectivity index (χ0n) is 18.2. The monoisotopic (exact) mass is 411 g/mol. The normalized spacial score (nSPS) is 11.8. The van der Waals surface area contributed by atoms with Crippen molar-refractivity contribution in [3.05, 3.63) is 59.2 Å². The first-order valence-electron chi connectivity index (χ1n) is 9.95. The Balaban J connectivity index is 2.04. The highest BCUT2D eigenvalue weighted by Gasteiger charge is 2.19. The zero-order chi connectivity index (χ0) is 22.1. The maximum absolute atomic E-state index is 12.6. The van der Waals surface area contributed by atoms with E-state index in [1.54, 1.807) is 38.3 Å². The second-order valence-corrected chi connectivity index (χ2v) is 6.67. The lowest BCUT2D eigenvalue weighted by molar-refractivity contribution is -0.148. The summed E-state index contributed by atoms with van der Waals surface area (Å²) in [6, 6.07) is 11.2. The van der Waals surface area contributed by atoms with Crippen molar-refractivity contribution in [2.45, 2.75) is 39.7 Å². The molecule has 0 bridgehead atoms. The molecule has 0 fully saturated rings. The Kier molecular flexibility index (Phi) is 8.47. The van der Waals surface area contributed by atoms with Gasteiger partial charge in [0.05, 0.1) is 14.2 Å². The smallest absolute Gasteiger partial charge is 0.331 e. The number of anilines is 1. The number of para-hydroxylation sites is 1. The first kappa shape index (κ1) is 23.0. The molecule has 30 heavy (non-hydrogen) atoms. The van der Waals surface area contributed by atoms with Gasteiger partial charge in [-0.15, -0.1) is 0 Å². The molecule has 6 nitrogen and oxygen atoms in total. The maximum Gasteiger partial charge on any atom is 0.331 e. The van der Waals surface area contributed by atoms with Crippen molar-refractivity contribution in [1.29, 1.82) is 0 Å². The highest BCUT2D eigenvalue weighted by molar-refractivity contribution is 5.97. The van der Waals surface area contributed by atoms with Crippen LogP contribution in [-0.2, 0) is 27.2 Å². The van der Waals surface area contributed by atoms with E-state index in [0.717, 1.165) is 29.7 Å². The van der Waals surface area contributed by atoms with E-state index in [9.17, 15) is 9.59 Å². The molecular weight excluding hydrogens is 382 g/mol. The molecule has 0 aliphatic heterocycles. The van der Waals surface area contributed by atoms with E-state index in [4.69, 9.17) is 14.2 Å². The van der Waals surface area contributed by atoms with Crippen molar-refractivity contribution in [3.63, 3.8) is 0 Å². The summed E-state index contributed by atoms with van der Waals surface area (Å²) in [5.41, 5.74) is 3.59. The number of amides is 1. The fourth-order valence-electron chi connectivity index (χ4n) is 3.01. The Morgan fingerprint density at radius 2 is 1.70 bits per heavy atom. The fraction of sp³-hybridized carbons (Fsp3) is 0.333. The van der Waals surface area contributed by atoms with Gasteiger partial charge in [0.1, 0.15) is 11.5 Å². The van der Waals surface area contributed by atoms with E-state index >= 15 is 0 Å². The third-order valence-electron chi connectivity index (χ3n) is 4.75. The predicted octanol–water partition coefficient (Wildman–Crippen LogP) is 4.41. The number of carbonyl (C=O) groups excluding carboxylic acids is 2. The number of hydrogen-bond acceptors (Lipinski definition) is 5. The number of rotatable bonds is 9. The van der Waals surface area contributed by atoms with E-state index in [-0.39, 0.29) is 5.91 Å². The fourth-order valence-corrected chi connectivity index (χ4v) is 3.01. The van der Waals surface area contributed by atoms with Crippen LogP contribution in [0.3, 0.4) is 0 Å². The van der Waals surface area contributed by atoms with Crippen molar-refractivity contribution in [2.24, 2.45) is 0 Å². The second kappa shape index (κ2) is 11.0. The van der Waals surface area contributed by atoms with Crippen LogP contribution in [0, 0.1) is 0 Å². The number of methoxy groups -OCH3 is 2. The molecule has 2 aromatic carbocycles. The molecule has 0 radical (unpaired) electrons. The summed E-state index contributed by atoms with van der Waals surface area (Å²) in [5, 5.41) is 2.92. The van der Waals surface area contributed by atoms with Gasteiger partial charge in [-0.2, -0.15) is 0 Å². The van der Waals surface area contributed by atoms with Crippen LogP contribution in [0.25, 0.3) is 6.08 Å². The Labute approximate surface area is 177 Å². The number of carbonyl (C=O) groups is 2. The standard InChI is InChI=1S/C24H29NO5/c1-6-17-9-8-10-18(7-2)23(17)25-24(27)16(3)30-22(26)14-12-19-11-13-20(28-4)15-21(19)29-5/h8-16H,6-7H2,1-5H3,(H,25,27). The average Bonchev–Trinajstić information content (AvgIpc) is 2.77. The molecule has 1 atom stereocenters. The first-order chi connectivity index (χ1) is 14.4. The van der Waals surface area contributed by atoms with Crippen LogP contribution in [0.1, 0.15) is 37.5 Å². The predicted molar refractivity (Wildman–Crippen MR) is 118 cm³/mol. The lowest BCUT2D eigenvalue weighted by atomic mass is 10.0. The summed E-state index contributed by atoms with van der Waals surface area (Å²) >= 11 is 0. The molecule has 0 spiro atoms. The SMILES string of the molecule is CCc1cccc(CC)c1NC(=O)C(C)OC(=O)C=Cc1ccc(OC)cc1OC. The van der Waals surface area contributed by atoms with Crippen molar-refractivity contribution < 1.29 is 23.8 Å². The molecule has 2 rings (SSSR count). The molecule has 1 N–H and O–H groups in total. The minimum Gasteiger partial charge on any atom is -0.497 e. The van der Waals surface area contributed by atoms with Crippen LogP contribution < -0.4 is 14.8 Å². The minimum absolute atomic E-state index is 0.366. The third-order valence-corrected chi connectivity index (χ3v) is 4.75. The van der Waals surface area contributed by atoms with Crippen LogP contribution in [-0.4, -0.2) is 32.2 Å². The Hall–Kier alpha value is -3.28. The number of aryl methyl sites for hydroxylation is 2. The molecule has 0 saturated carbocycles. The minimum atomic E-state index is -0.936. The number of esters is 1. The summed E-state index contributed by atoms with van der Waals surface area (Å²) in [6.45, 7) is 5.62. The van der Waals surface area contributed by atoms with Gasteiger partial charge in [-0.25, -0.2) is 4.79 Å². The van der Waals surface area contributed by atoms with Crippen LogP contribution in [0.2, 0.25) is 0 Å². The molecule has 0 saturated heterocycles. The van der Waals surface area contributed by atoms with Crippen molar-refractivity contribution in [2.75, 3.05) is 19.5 Å². The van der Waals surface area contributed by atoms with E-state index in [0.29, 0.717) is 17.1 Å². The van der Waals surface area contributed by atoms with Gasteiger partial charge in [0.15, 0.2) is 6.10 Å². The average molecular weight is 411 g/mol. The molecule has 0 heterocycles. The Morgan fingerprint density at radius 3 is 2.27 bits per heavy atom. The van der Waals surface area contributed by atoms with Gasteiger partial charge >= 0.3 is 5.97 Å². The number of hydrogen-bond donors (Lipinski definition) is 1. The molecule has 0 aromatic heterocycles. The van der Waals surface area contributed by atoms with Gasteiger partial charge in [-0.3, -0.25) is 4.79 Å². The van der Waals surface area contributed by atoms with Gasteiger partial charge in [-0.1, -0.05) is 32.0 Å². The molecule has 160 valence electrons. The summed E-state index contributed by atoms with van der Waals surface area (Å²) in [5.74, 6) is 0.229. The van der Waals surface area contributed by atoms with Gasteiger partial charge in [0, 0.05) is 23.4 Å². The highest BCUT2D eigenvalue weighted by Crippen LogP contribution is 2.26. The first-order valence-corrected chi connectivity index (χ1v) is 9.95. The molecule has 1 unspecified atom stereocenters. The van der Waals surface area contributed by atoms with Crippen molar-refractivity contribution in [3.8, 4) is 11.5 Å². The van der Waals surface area contributed by atoms with Crippen LogP contribution in [0.4, 0.5) is 5.69 Å². The maximum atomic E-state index is 12.6. The summed E-state index contributed by atoms with van der Waals surface area (Å²) < 4.78 is 15.7. The van der Waals surface area contributed by atoms with Crippen LogP contribution in [0.5, 0.6) is 11.5 Å². The molecular formula is C24H29NO5. The summed E-state index contributed by atoms with van der Waals surface area (Å²) in [4.78, 5) is 24.8. The highest BCUT2D eigenvalue weighted by atomic mass is 16.5. The topological polar surface area (TPSA) is 73.9 Å². The van der Waals surface area contributed by atoms with Gasteiger partial charge in [-0.05, 0) is 49.1 Å². The summed E-state index contributed by atoms with van der Waals surface area (Å²) in [7, 11) is 3.10. The van der Waals surface area contributed by atoms with Crippen molar-refractivity contribution in [1.82, 2.24) is 0 Å². The molecule has 1 amide bonds. The second-order valence-electron chi connectivity index (χ2n) is 6.67.